The second kappa shape index (κ2) is 6.57. The van der Waals surface area contributed by atoms with Crippen LogP contribution in [0.5, 0.6) is 5.75 Å². The molecule has 0 aliphatic rings. The van der Waals surface area contributed by atoms with Gasteiger partial charge in [0.05, 0.1) is 17.6 Å². The lowest BCUT2D eigenvalue weighted by molar-refractivity contribution is 0.317. The fourth-order valence-corrected chi connectivity index (χ4v) is 2.03. The molecule has 0 bridgehead atoms. The van der Waals surface area contributed by atoms with Gasteiger partial charge in [0.15, 0.2) is 0 Å². The van der Waals surface area contributed by atoms with Crippen molar-refractivity contribution in [1.82, 2.24) is 4.90 Å². The first-order valence-corrected chi connectivity index (χ1v) is 6.15. The average Bonchev–Trinajstić information content (AvgIpc) is 2.27. The molecule has 1 aromatic carbocycles. The van der Waals surface area contributed by atoms with Crippen molar-refractivity contribution in [1.29, 1.82) is 0 Å². The molecule has 0 saturated carbocycles. The molecule has 0 fully saturated rings. The van der Waals surface area contributed by atoms with Crippen LogP contribution in [0.15, 0.2) is 24.3 Å². The Morgan fingerprint density at radius 2 is 1.94 bits per heavy atom. The van der Waals surface area contributed by atoms with Crippen molar-refractivity contribution >= 4 is 17.2 Å². The Morgan fingerprint density at radius 1 is 1.35 bits per heavy atom. The summed E-state index contributed by atoms with van der Waals surface area (Å²) in [5, 5.41) is 0. The Morgan fingerprint density at radius 3 is 2.35 bits per heavy atom. The third kappa shape index (κ3) is 3.98. The molecule has 4 heteroatoms. The first-order valence-electron chi connectivity index (χ1n) is 5.74. The Labute approximate surface area is 109 Å². The third-order valence-electron chi connectivity index (χ3n) is 2.45. The number of thiocarbonyl (C=S) groups is 1. The van der Waals surface area contributed by atoms with Gasteiger partial charge in [-0.25, -0.2) is 0 Å². The summed E-state index contributed by atoms with van der Waals surface area (Å²) in [6.07, 6.45) is 1.01. The Balaban J connectivity index is 2.81. The SMILES string of the molecule is CCCOc1ccc(C(C(N)=S)N(C)C)cc1. The van der Waals surface area contributed by atoms with E-state index in [2.05, 4.69) is 6.92 Å². The van der Waals surface area contributed by atoms with Crippen LogP contribution in [0, 0.1) is 0 Å². The standard InChI is InChI=1S/C13H20N2OS/c1-4-9-16-11-7-5-10(6-8-11)12(13(14)17)15(2)3/h5-8,12H,4,9H2,1-3H3,(H2,14,17). The molecule has 0 heterocycles. The summed E-state index contributed by atoms with van der Waals surface area (Å²) in [6.45, 7) is 2.83. The molecule has 0 aliphatic heterocycles. The minimum absolute atomic E-state index is 0.0229. The Kier molecular flexibility index (Phi) is 5.38. The first-order chi connectivity index (χ1) is 8.06. The van der Waals surface area contributed by atoms with Crippen molar-refractivity contribution in [2.45, 2.75) is 19.4 Å². The van der Waals surface area contributed by atoms with Gasteiger partial charge in [0, 0.05) is 0 Å². The van der Waals surface area contributed by atoms with E-state index >= 15 is 0 Å². The third-order valence-corrected chi connectivity index (χ3v) is 2.68. The molecule has 0 saturated heterocycles. The first kappa shape index (κ1) is 13.9. The van der Waals surface area contributed by atoms with E-state index in [0.717, 1.165) is 24.3 Å². The molecule has 0 aromatic heterocycles. The maximum atomic E-state index is 5.75. The maximum absolute atomic E-state index is 5.75. The molecule has 0 radical (unpaired) electrons. The number of nitrogens with two attached hydrogens (primary N) is 1. The van der Waals surface area contributed by atoms with Gasteiger partial charge >= 0.3 is 0 Å². The number of ether oxygens (including phenoxy) is 1. The van der Waals surface area contributed by atoms with Gasteiger partial charge in [-0.15, -0.1) is 0 Å². The van der Waals surface area contributed by atoms with Crippen LogP contribution < -0.4 is 10.5 Å². The summed E-state index contributed by atoms with van der Waals surface area (Å²) in [5.41, 5.74) is 6.84. The molecule has 0 amide bonds. The summed E-state index contributed by atoms with van der Waals surface area (Å²) in [7, 11) is 3.93. The number of hydrogen-bond acceptors (Lipinski definition) is 3. The van der Waals surface area contributed by atoms with E-state index in [1.54, 1.807) is 0 Å². The molecule has 1 aromatic rings. The zero-order valence-electron chi connectivity index (χ0n) is 10.6. The van der Waals surface area contributed by atoms with Crippen LogP contribution in [-0.2, 0) is 0 Å². The highest BCUT2D eigenvalue weighted by Gasteiger charge is 2.16. The summed E-state index contributed by atoms with van der Waals surface area (Å²) in [4.78, 5) is 2.49. The topological polar surface area (TPSA) is 38.5 Å². The highest BCUT2D eigenvalue weighted by Crippen LogP contribution is 2.21. The molecule has 94 valence electrons. The zero-order chi connectivity index (χ0) is 12.8. The molecule has 0 spiro atoms. The van der Waals surface area contributed by atoms with Crippen LogP contribution in [0.4, 0.5) is 0 Å². The summed E-state index contributed by atoms with van der Waals surface area (Å²) >= 11 is 5.08. The largest absolute Gasteiger partial charge is 0.494 e. The van der Waals surface area contributed by atoms with Crippen LogP contribution >= 0.6 is 12.2 Å². The number of likely N-dealkylation sites (N-methyl/N-ethyl adjacent to an activating group) is 1. The highest BCUT2D eigenvalue weighted by atomic mass is 32.1. The van der Waals surface area contributed by atoms with E-state index in [-0.39, 0.29) is 6.04 Å². The average molecular weight is 252 g/mol. The van der Waals surface area contributed by atoms with E-state index in [1.807, 2.05) is 43.3 Å². The second-order valence-corrected chi connectivity index (χ2v) is 4.66. The maximum Gasteiger partial charge on any atom is 0.119 e. The number of nitrogens with zero attached hydrogens (tertiary/aromatic N) is 1. The summed E-state index contributed by atoms with van der Waals surface area (Å²) in [5.74, 6) is 0.885. The van der Waals surface area contributed by atoms with Crippen molar-refractivity contribution < 1.29 is 4.74 Å². The molecule has 2 N–H and O–H groups in total. The smallest absolute Gasteiger partial charge is 0.119 e. The normalized spacial score (nSPS) is 12.5. The highest BCUT2D eigenvalue weighted by molar-refractivity contribution is 7.80. The number of rotatable bonds is 6. The van der Waals surface area contributed by atoms with Crippen LogP contribution in [0.1, 0.15) is 24.9 Å². The van der Waals surface area contributed by atoms with Gasteiger partial charge in [0.1, 0.15) is 5.75 Å². The molecule has 1 unspecified atom stereocenters. The van der Waals surface area contributed by atoms with Gasteiger partial charge in [-0.1, -0.05) is 31.3 Å². The Bertz CT molecular complexity index is 362. The molecule has 17 heavy (non-hydrogen) atoms. The van der Waals surface area contributed by atoms with Crippen LogP contribution in [0.3, 0.4) is 0 Å². The van der Waals surface area contributed by atoms with E-state index in [4.69, 9.17) is 22.7 Å². The van der Waals surface area contributed by atoms with Crippen LogP contribution in [0.25, 0.3) is 0 Å². The minimum atomic E-state index is -0.0229. The fourth-order valence-electron chi connectivity index (χ4n) is 1.68. The van der Waals surface area contributed by atoms with Gasteiger partial charge in [0.2, 0.25) is 0 Å². The van der Waals surface area contributed by atoms with Crippen LogP contribution in [0.2, 0.25) is 0 Å². The van der Waals surface area contributed by atoms with Crippen molar-refractivity contribution in [2.24, 2.45) is 5.73 Å². The molecular weight excluding hydrogens is 232 g/mol. The lowest BCUT2D eigenvalue weighted by Crippen LogP contribution is -2.31. The fraction of sp³-hybridized carbons (Fsp3) is 0.462. The molecule has 1 atom stereocenters. The van der Waals surface area contributed by atoms with Gasteiger partial charge in [-0.2, -0.15) is 0 Å². The van der Waals surface area contributed by atoms with Gasteiger partial charge in [-0.05, 0) is 38.2 Å². The second-order valence-electron chi connectivity index (χ2n) is 4.19. The number of hydrogen-bond donors (Lipinski definition) is 1. The van der Waals surface area contributed by atoms with Crippen LogP contribution in [-0.4, -0.2) is 30.6 Å². The van der Waals surface area contributed by atoms with Gasteiger partial charge in [-0.3, -0.25) is 4.90 Å². The lowest BCUT2D eigenvalue weighted by Gasteiger charge is -2.23. The molecule has 0 aliphatic carbocycles. The Hall–Kier alpha value is -1.13. The number of benzene rings is 1. The van der Waals surface area contributed by atoms with Gasteiger partial charge < -0.3 is 10.5 Å². The van der Waals surface area contributed by atoms with E-state index in [1.165, 1.54) is 0 Å². The van der Waals surface area contributed by atoms with Crippen molar-refractivity contribution in [2.75, 3.05) is 20.7 Å². The van der Waals surface area contributed by atoms with Crippen molar-refractivity contribution in [3.8, 4) is 5.75 Å². The lowest BCUT2D eigenvalue weighted by atomic mass is 10.1. The quantitative estimate of drug-likeness (QED) is 0.789. The van der Waals surface area contributed by atoms with E-state index in [9.17, 15) is 0 Å². The summed E-state index contributed by atoms with van der Waals surface area (Å²) in [6, 6.07) is 7.91. The predicted octanol–water partition coefficient (Wildman–Crippen LogP) is 2.36. The van der Waals surface area contributed by atoms with E-state index in [0.29, 0.717) is 4.99 Å². The van der Waals surface area contributed by atoms with Crippen molar-refractivity contribution in [3.63, 3.8) is 0 Å². The molecule has 3 nitrogen and oxygen atoms in total. The van der Waals surface area contributed by atoms with Gasteiger partial charge in [0.25, 0.3) is 0 Å². The van der Waals surface area contributed by atoms with E-state index < -0.39 is 0 Å². The minimum Gasteiger partial charge on any atom is -0.494 e. The molecular formula is C13H20N2OS. The van der Waals surface area contributed by atoms with Crippen molar-refractivity contribution in [3.05, 3.63) is 29.8 Å². The zero-order valence-corrected chi connectivity index (χ0v) is 11.5. The monoisotopic (exact) mass is 252 g/mol. The predicted molar refractivity (Wildman–Crippen MR) is 75.4 cm³/mol. The molecule has 1 rings (SSSR count). The summed E-state index contributed by atoms with van der Waals surface area (Å²) < 4.78 is 5.53.